The number of nitrogens with one attached hydrogen (secondary N) is 2. The fourth-order valence-corrected chi connectivity index (χ4v) is 3.04. The molecule has 6 nitrogen and oxygen atoms in total. The third kappa shape index (κ3) is 3.59. The number of carboxylic acid groups (broad SMARTS) is 1. The second-order valence-electron chi connectivity index (χ2n) is 5.54. The van der Waals surface area contributed by atoms with E-state index in [1.165, 1.54) is 0 Å². The SMILES string of the molecule is CCCC(NC(=O)NC1CN2CCC1CC2)C(=O)O. The molecule has 3 rings (SSSR count). The number of rotatable bonds is 5. The molecule has 2 amide bonds. The van der Waals surface area contributed by atoms with Gasteiger partial charge in [0.05, 0.1) is 0 Å². The number of amides is 2. The van der Waals surface area contributed by atoms with Crippen molar-refractivity contribution in [3.63, 3.8) is 0 Å². The van der Waals surface area contributed by atoms with Crippen LogP contribution in [-0.2, 0) is 4.79 Å². The molecule has 3 heterocycles. The van der Waals surface area contributed by atoms with Gasteiger partial charge >= 0.3 is 12.0 Å². The van der Waals surface area contributed by atoms with Crippen LogP contribution in [0.1, 0.15) is 32.6 Å². The summed E-state index contributed by atoms with van der Waals surface area (Å²) in [6.45, 7) is 5.04. The minimum atomic E-state index is -0.967. The highest BCUT2D eigenvalue weighted by molar-refractivity contribution is 5.82. The summed E-state index contributed by atoms with van der Waals surface area (Å²) < 4.78 is 0. The van der Waals surface area contributed by atoms with E-state index < -0.39 is 12.0 Å². The van der Waals surface area contributed by atoms with E-state index in [1.54, 1.807) is 0 Å². The Balaban J connectivity index is 1.82. The van der Waals surface area contributed by atoms with Crippen molar-refractivity contribution in [2.45, 2.75) is 44.7 Å². The van der Waals surface area contributed by atoms with Crippen LogP contribution in [-0.4, -0.2) is 53.7 Å². The number of piperidine rings is 3. The van der Waals surface area contributed by atoms with Gasteiger partial charge in [-0.15, -0.1) is 0 Å². The summed E-state index contributed by atoms with van der Waals surface area (Å²) >= 11 is 0. The first-order chi connectivity index (χ1) is 9.10. The Hall–Kier alpha value is -1.30. The van der Waals surface area contributed by atoms with E-state index >= 15 is 0 Å². The van der Waals surface area contributed by atoms with Gasteiger partial charge in [0.2, 0.25) is 0 Å². The van der Waals surface area contributed by atoms with Crippen LogP contribution >= 0.6 is 0 Å². The number of carboxylic acids is 1. The van der Waals surface area contributed by atoms with Gasteiger partial charge in [-0.2, -0.15) is 0 Å². The van der Waals surface area contributed by atoms with Crippen LogP contribution in [0.4, 0.5) is 4.79 Å². The Kier molecular flexibility index (Phi) is 4.63. The average molecular weight is 269 g/mol. The van der Waals surface area contributed by atoms with E-state index in [0.29, 0.717) is 12.3 Å². The second kappa shape index (κ2) is 6.23. The summed E-state index contributed by atoms with van der Waals surface area (Å²) in [6, 6.07) is -0.968. The molecule has 0 aliphatic carbocycles. The average Bonchev–Trinajstić information content (AvgIpc) is 2.39. The van der Waals surface area contributed by atoms with Crippen molar-refractivity contribution in [3.8, 4) is 0 Å². The molecule has 0 aromatic carbocycles. The molecule has 3 saturated heterocycles. The Morgan fingerprint density at radius 1 is 1.37 bits per heavy atom. The quantitative estimate of drug-likeness (QED) is 0.684. The fourth-order valence-electron chi connectivity index (χ4n) is 3.04. The third-order valence-corrected chi connectivity index (χ3v) is 4.15. The highest BCUT2D eigenvalue weighted by atomic mass is 16.4. The van der Waals surface area contributed by atoms with Crippen LogP contribution in [0.15, 0.2) is 0 Å². The molecule has 2 bridgehead atoms. The molecule has 6 heteroatoms. The van der Waals surface area contributed by atoms with Gasteiger partial charge in [0.1, 0.15) is 6.04 Å². The van der Waals surface area contributed by atoms with Gasteiger partial charge in [0.25, 0.3) is 0 Å². The first-order valence-electron chi connectivity index (χ1n) is 7.12. The molecular formula is C13H23N3O3. The van der Waals surface area contributed by atoms with Gasteiger partial charge in [-0.3, -0.25) is 0 Å². The maximum absolute atomic E-state index is 11.9. The topological polar surface area (TPSA) is 81.7 Å². The van der Waals surface area contributed by atoms with Gasteiger partial charge < -0.3 is 20.6 Å². The highest BCUT2D eigenvalue weighted by Gasteiger charge is 2.35. The van der Waals surface area contributed by atoms with Gasteiger partial charge in [0.15, 0.2) is 0 Å². The van der Waals surface area contributed by atoms with Crippen molar-refractivity contribution >= 4 is 12.0 Å². The maximum atomic E-state index is 11.9. The molecule has 0 aromatic rings. The normalized spacial score (nSPS) is 30.7. The number of hydrogen-bond donors (Lipinski definition) is 3. The largest absolute Gasteiger partial charge is 0.480 e. The van der Waals surface area contributed by atoms with E-state index in [4.69, 9.17) is 5.11 Å². The lowest BCUT2D eigenvalue weighted by molar-refractivity contribution is -0.139. The Bertz CT molecular complexity index is 340. The first-order valence-corrected chi connectivity index (χ1v) is 7.12. The standard InChI is InChI=1S/C13H23N3O3/c1-2-3-10(12(17)18)14-13(19)15-11-8-16-6-4-9(11)5-7-16/h9-11H,2-8H2,1H3,(H,17,18)(H2,14,15,19). The number of urea groups is 1. The van der Waals surface area contributed by atoms with Crippen LogP contribution in [0, 0.1) is 5.92 Å². The summed E-state index contributed by atoms with van der Waals surface area (Å²) in [4.78, 5) is 25.2. The zero-order chi connectivity index (χ0) is 13.8. The predicted octanol–water partition coefficient (Wildman–Crippen LogP) is 0.633. The van der Waals surface area contributed by atoms with Crippen LogP contribution in [0.25, 0.3) is 0 Å². The summed E-state index contributed by atoms with van der Waals surface area (Å²) in [7, 11) is 0. The Morgan fingerprint density at radius 2 is 2.05 bits per heavy atom. The zero-order valence-electron chi connectivity index (χ0n) is 11.4. The molecule has 3 fully saturated rings. The molecule has 19 heavy (non-hydrogen) atoms. The Labute approximate surface area is 113 Å². The monoisotopic (exact) mass is 269 g/mol. The van der Waals surface area contributed by atoms with Gasteiger partial charge in [-0.25, -0.2) is 9.59 Å². The third-order valence-electron chi connectivity index (χ3n) is 4.15. The number of hydrogen-bond acceptors (Lipinski definition) is 3. The molecular weight excluding hydrogens is 246 g/mol. The highest BCUT2D eigenvalue weighted by Crippen LogP contribution is 2.27. The van der Waals surface area contributed by atoms with Gasteiger partial charge in [0, 0.05) is 12.6 Å². The van der Waals surface area contributed by atoms with Gasteiger partial charge in [-0.1, -0.05) is 13.3 Å². The van der Waals surface area contributed by atoms with Crippen molar-refractivity contribution in [1.82, 2.24) is 15.5 Å². The lowest BCUT2D eigenvalue weighted by atomic mass is 9.84. The predicted molar refractivity (Wildman–Crippen MR) is 71.0 cm³/mol. The second-order valence-corrected chi connectivity index (χ2v) is 5.54. The zero-order valence-corrected chi connectivity index (χ0v) is 11.4. The van der Waals surface area contributed by atoms with Crippen LogP contribution in [0.2, 0.25) is 0 Å². The smallest absolute Gasteiger partial charge is 0.326 e. The molecule has 3 aliphatic heterocycles. The lowest BCUT2D eigenvalue weighted by Crippen LogP contribution is -2.59. The molecule has 2 unspecified atom stereocenters. The molecule has 0 radical (unpaired) electrons. The minimum absolute atomic E-state index is 0.165. The number of fused-ring (bicyclic) bond motifs is 3. The summed E-state index contributed by atoms with van der Waals surface area (Å²) in [6.07, 6.45) is 3.45. The Morgan fingerprint density at radius 3 is 2.53 bits per heavy atom. The summed E-state index contributed by atoms with van der Waals surface area (Å²) in [5, 5.41) is 14.5. The molecule has 2 atom stereocenters. The summed E-state index contributed by atoms with van der Waals surface area (Å²) in [5.41, 5.74) is 0. The maximum Gasteiger partial charge on any atom is 0.326 e. The first kappa shape index (κ1) is 14.1. The number of carbonyl (C=O) groups is 2. The van der Waals surface area contributed by atoms with Crippen LogP contribution in [0.3, 0.4) is 0 Å². The van der Waals surface area contributed by atoms with Crippen LogP contribution < -0.4 is 10.6 Å². The van der Waals surface area contributed by atoms with E-state index in [2.05, 4.69) is 15.5 Å². The summed E-state index contributed by atoms with van der Waals surface area (Å²) in [5.74, 6) is -0.420. The van der Waals surface area contributed by atoms with Crippen molar-refractivity contribution in [1.29, 1.82) is 0 Å². The van der Waals surface area contributed by atoms with Crippen molar-refractivity contribution < 1.29 is 14.7 Å². The number of nitrogens with zero attached hydrogens (tertiary/aromatic N) is 1. The van der Waals surface area contributed by atoms with E-state index in [9.17, 15) is 9.59 Å². The number of carbonyl (C=O) groups excluding carboxylic acids is 1. The van der Waals surface area contributed by atoms with E-state index in [1.807, 2.05) is 6.92 Å². The molecule has 3 aliphatic rings. The van der Waals surface area contributed by atoms with E-state index in [-0.39, 0.29) is 12.1 Å². The fraction of sp³-hybridized carbons (Fsp3) is 0.846. The van der Waals surface area contributed by atoms with Crippen molar-refractivity contribution in [2.24, 2.45) is 5.92 Å². The molecule has 3 N–H and O–H groups in total. The number of aliphatic carboxylic acids is 1. The van der Waals surface area contributed by atoms with E-state index in [0.717, 1.165) is 38.9 Å². The lowest BCUT2D eigenvalue weighted by Gasteiger charge is -2.44. The van der Waals surface area contributed by atoms with Crippen molar-refractivity contribution in [3.05, 3.63) is 0 Å². The molecule has 0 spiro atoms. The molecule has 0 aromatic heterocycles. The van der Waals surface area contributed by atoms with Crippen molar-refractivity contribution in [2.75, 3.05) is 19.6 Å². The molecule has 0 saturated carbocycles. The minimum Gasteiger partial charge on any atom is -0.480 e. The molecule has 108 valence electrons. The van der Waals surface area contributed by atoms with Crippen LogP contribution in [0.5, 0.6) is 0 Å². The van der Waals surface area contributed by atoms with Gasteiger partial charge in [-0.05, 0) is 38.3 Å².